The van der Waals surface area contributed by atoms with Crippen LogP contribution in [0.25, 0.3) is 0 Å². The molecule has 0 aliphatic rings. The second kappa shape index (κ2) is 6.02. The van der Waals surface area contributed by atoms with Crippen molar-refractivity contribution in [3.05, 3.63) is 10.6 Å². The summed E-state index contributed by atoms with van der Waals surface area (Å²) in [6.07, 6.45) is 0. The fourth-order valence-electron chi connectivity index (χ4n) is 1.99. The molecule has 0 amide bonds. The van der Waals surface area contributed by atoms with E-state index in [1.807, 2.05) is 18.4 Å². The van der Waals surface area contributed by atoms with Crippen molar-refractivity contribution < 1.29 is 0 Å². The first kappa shape index (κ1) is 15.4. The van der Waals surface area contributed by atoms with Gasteiger partial charge in [0.25, 0.3) is 0 Å². The van der Waals surface area contributed by atoms with E-state index < -0.39 is 0 Å². The fourth-order valence-corrected chi connectivity index (χ4v) is 3.25. The first-order valence-electron chi connectivity index (χ1n) is 6.61. The van der Waals surface area contributed by atoms with Crippen LogP contribution in [0.3, 0.4) is 0 Å². The maximum absolute atomic E-state index is 4.86. The minimum Gasteiger partial charge on any atom is -0.351 e. The number of nitrogens with one attached hydrogen (secondary N) is 1. The van der Waals surface area contributed by atoms with Crippen LogP contribution in [0.1, 0.15) is 45.2 Å². The van der Waals surface area contributed by atoms with E-state index in [-0.39, 0.29) is 5.41 Å². The van der Waals surface area contributed by atoms with Crippen LogP contribution in [0.5, 0.6) is 0 Å². The second-order valence-electron chi connectivity index (χ2n) is 6.32. The SMILES string of the molecule is CNCc1sc(N(C)CC(C)C)nc1C(C)(C)C. The summed E-state index contributed by atoms with van der Waals surface area (Å²) in [7, 11) is 4.12. The number of aromatic nitrogens is 1. The summed E-state index contributed by atoms with van der Waals surface area (Å²) in [5, 5.41) is 4.38. The minimum atomic E-state index is 0.111. The molecule has 18 heavy (non-hydrogen) atoms. The Kier molecular flexibility index (Phi) is 5.17. The Morgan fingerprint density at radius 2 is 1.94 bits per heavy atom. The summed E-state index contributed by atoms with van der Waals surface area (Å²) < 4.78 is 0. The molecule has 3 nitrogen and oxygen atoms in total. The molecule has 0 atom stereocenters. The number of rotatable bonds is 5. The van der Waals surface area contributed by atoms with Crippen LogP contribution < -0.4 is 10.2 Å². The lowest BCUT2D eigenvalue weighted by Gasteiger charge is -2.19. The summed E-state index contributed by atoms with van der Waals surface area (Å²) in [4.78, 5) is 8.48. The fraction of sp³-hybridized carbons (Fsp3) is 0.786. The monoisotopic (exact) mass is 269 g/mol. The third kappa shape index (κ3) is 3.95. The highest BCUT2D eigenvalue weighted by atomic mass is 32.1. The Morgan fingerprint density at radius 1 is 1.33 bits per heavy atom. The summed E-state index contributed by atoms with van der Waals surface area (Å²) in [6, 6.07) is 0. The molecule has 0 unspecified atom stereocenters. The van der Waals surface area contributed by atoms with Gasteiger partial charge < -0.3 is 10.2 Å². The van der Waals surface area contributed by atoms with Crippen molar-refractivity contribution in [1.29, 1.82) is 0 Å². The van der Waals surface area contributed by atoms with Crippen molar-refractivity contribution in [1.82, 2.24) is 10.3 Å². The molecule has 0 fully saturated rings. The molecule has 1 aromatic heterocycles. The number of thiazole rings is 1. The van der Waals surface area contributed by atoms with Gasteiger partial charge in [-0.05, 0) is 13.0 Å². The van der Waals surface area contributed by atoms with E-state index in [1.54, 1.807) is 0 Å². The number of anilines is 1. The van der Waals surface area contributed by atoms with Gasteiger partial charge in [-0.3, -0.25) is 0 Å². The standard InChI is InChI=1S/C14H27N3S/c1-10(2)9-17(7)13-16-12(14(3,4)5)11(18-13)8-15-6/h10,15H,8-9H2,1-7H3. The number of nitrogens with zero attached hydrogens (tertiary/aromatic N) is 2. The first-order chi connectivity index (χ1) is 8.25. The van der Waals surface area contributed by atoms with Gasteiger partial charge in [-0.2, -0.15) is 0 Å². The zero-order chi connectivity index (χ0) is 13.9. The average Bonchev–Trinajstić information content (AvgIpc) is 2.60. The summed E-state index contributed by atoms with van der Waals surface area (Å²) >= 11 is 1.81. The molecule has 1 aromatic rings. The molecule has 0 aliphatic carbocycles. The molecule has 4 heteroatoms. The summed E-state index contributed by atoms with van der Waals surface area (Å²) in [5.41, 5.74) is 1.34. The zero-order valence-electron chi connectivity index (χ0n) is 12.8. The van der Waals surface area contributed by atoms with Crippen LogP contribution in [0.2, 0.25) is 0 Å². The highest BCUT2D eigenvalue weighted by Crippen LogP contribution is 2.33. The van der Waals surface area contributed by atoms with Gasteiger partial charge in [0.1, 0.15) is 0 Å². The largest absolute Gasteiger partial charge is 0.351 e. The van der Waals surface area contributed by atoms with E-state index in [2.05, 4.69) is 51.9 Å². The van der Waals surface area contributed by atoms with Crippen molar-refractivity contribution in [3.63, 3.8) is 0 Å². The highest BCUT2D eigenvalue weighted by Gasteiger charge is 2.24. The summed E-state index contributed by atoms with van der Waals surface area (Å²) in [6.45, 7) is 13.1. The molecule has 1 heterocycles. The van der Waals surface area contributed by atoms with Gasteiger partial charge >= 0.3 is 0 Å². The van der Waals surface area contributed by atoms with E-state index in [0.717, 1.165) is 18.2 Å². The van der Waals surface area contributed by atoms with Crippen LogP contribution in [-0.4, -0.2) is 25.6 Å². The number of hydrogen-bond acceptors (Lipinski definition) is 4. The molecule has 104 valence electrons. The maximum Gasteiger partial charge on any atom is 0.185 e. The second-order valence-corrected chi connectivity index (χ2v) is 7.38. The van der Waals surface area contributed by atoms with Crippen LogP contribution >= 0.6 is 11.3 Å². The van der Waals surface area contributed by atoms with Gasteiger partial charge in [-0.15, -0.1) is 11.3 Å². The van der Waals surface area contributed by atoms with Crippen molar-refractivity contribution in [2.75, 3.05) is 25.5 Å². The van der Waals surface area contributed by atoms with Crippen LogP contribution in [0.15, 0.2) is 0 Å². The van der Waals surface area contributed by atoms with E-state index in [9.17, 15) is 0 Å². The predicted molar refractivity (Wildman–Crippen MR) is 81.7 cm³/mol. The lowest BCUT2D eigenvalue weighted by molar-refractivity contribution is 0.561. The molecule has 0 saturated carbocycles. The third-order valence-corrected chi connectivity index (χ3v) is 3.87. The van der Waals surface area contributed by atoms with Crippen LogP contribution in [0, 0.1) is 5.92 Å². The quantitative estimate of drug-likeness (QED) is 0.889. The van der Waals surface area contributed by atoms with Crippen molar-refractivity contribution in [3.8, 4) is 0 Å². The Balaban J connectivity index is 3.02. The topological polar surface area (TPSA) is 28.2 Å². The molecule has 0 spiro atoms. The van der Waals surface area contributed by atoms with Crippen molar-refractivity contribution in [2.24, 2.45) is 5.92 Å². The Bertz CT molecular complexity index is 377. The van der Waals surface area contributed by atoms with Crippen LogP contribution in [-0.2, 0) is 12.0 Å². The Morgan fingerprint density at radius 3 is 2.39 bits per heavy atom. The lowest BCUT2D eigenvalue weighted by atomic mass is 9.91. The molecule has 0 aromatic carbocycles. The summed E-state index contributed by atoms with van der Waals surface area (Å²) in [5.74, 6) is 0.657. The Labute approximate surface area is 116 Å². The predicted octanol–water partition coefficient (Wildman–Crippen LogP) is 3.25. The van der Waals surface area contributed by atoms with Gasteiger partial charge in [0.2, 0.25) is 0 Å². The minimum absolute atomic E-state index is 0.111. The highest BCUT2D eigenvalue weighted by molar-refractivity contribution is 7.15. The molecule has 1 N–H and O–H groups in total. The van der Waals surface area contributed by atoms with Gasteiger partial charge in [-0.1, -0.05) is 34.6 Å². The Hall–Kier alpha value is -0.610. The van der Waals surface area contributed by atoms with Gasteiger partial charge in [-0.25, -0.2) is 4.98 Å². The zero-order valence-corrected chi connectivity index (χ0v) is 13.6. The van der Waals surface area contributed by atoms with E-state index in [1.165, 1.54) is 10.6 Å². The maximum atomic E-state index is 4.86. The van der Waals surface area contributed by atoms with Crippen molar-refractivity contribution in [2.45, 2.75) is 46.6 Å². The molecule has 0 bridgehead atoms. The van der Waals surface area contributed by atoms with E-state index in [4.69, 9.17) is 4.98 Å². The average molecular weight is 269 g/mol. The normalized spacial score (nSPS) is 12.2. The van der Waals surface area contributed by atoms with Crippen molar-refractivity contribution >= 4 is 16.5 Å². The van der Waals surface area contributed by atoms with Crippen LogP contribution in [0.4, 0.5) is 5.13 Å². The molecular formula is C14H27N3S. The van der Waals surface area contributed by atoms with Gasteiger partial charge in [0.05, 0.1) is 5.69 Å². The van der Waals surface area contributed by atoms with E-state index in [0.29, 0.717) is 5.92 Å². The molecule has 0 radical (unpaired) electrons. The third-order valence-electron chi connectivity index (χ3n) is 2.70. The molecular weight excluding hydrogens is 242 g/mol. The van der Waals surface area contributed by atoms with E-state index >= 15 is 0 Å². The molecule has 1 rings (SSSR count). The lowest BCUT2D eigenvalue weighted by Crippen LogP contribution is -2.22. The smallest absolute Gasteiger partial charge is 0.185 e. The van der Waals surface area contributed by atoms with Gasteiger partial charge in [0.15, 0.2) is 5.13 Å². The molecule has 0 saturated heterocycles. The first-order valence-corrected chi connectivity index (χ1v) is 7.43. The van der Waals surface area contributed by atoms with Gasteiger partial charge in [0, 0.05) is 30.4 Å². The molecule has 0 aliphatic heterocycles. The number of hydrogen-bond donors (Lipinski definition) is 1.